The van der Waals surface area contributed by atoms with Gasteiger partial charge in [-0.25, -0.2) is 9.59 Å². The molecule has 0 saturated heterocycles. The SMILES string of the molecule is CCCCC/C(=C\C(=O)O[C@@H](C(=O)O)[C@H](CNCC)c1cc(O)c(O)c(O)c1)c1cc(O)c(O)c2c1C=C(c1cc(O)c(O)c3c1-c1cccc(O)c1CCC3)C[C@@H]2CC. The molecule has 0 amide bonds. The quantitative estimate of drug-likeness (QED) is 0.0235. The van der Waals surface area contributed by atoms with Gasteiger partial charge in [-0.05, 0) is 132 Å². The number of hydrogen-bond acceptors (Lipinski definition) is 12. The summed E-state index contributed by atoms with van der Waals surface area (Å²) in [4.78, 5) is 26.8. The van der Waals surface area contributed by atoms with Gasteiger partial charge in [-0.2, -0.15) is 0 Å². The Hall–Kier alpha value is -6.34. The fraction of sp³-hybridized carbons (Fsp3) is 0.362. The van der Waals surface area contributed by atoms with E-state index in [2.05, 4.69) is 5.32 Å². The van der Waals surface area contributed by atoms with Gasteiger partial charge in [0.05, 0.1) is 0 Å². The Bertz CT molecular complexity index is 2340. The molecule has 13 heteroatoms. The molecule has 60 heavy (non-hydrogen) atoms. The maximum atomic E-state index is 14.0. The number of esters is 1. The molecular formula is C47H53NO12. The summed E-state index contributed by atoms with van der Waals surface area (Å²) in [6.45, 7) is 6.13. The van der Waals surface area contributed by atoms with E-state index in [1.54, 1.807) is 19.1 Å². The lowest BCUT2D eigenvalue weighted by atomic mass is 9.74. The lowest BCUT2D eigenvalue weighted by molar-refractivity contribution is -0.162. The number of carboxylic acids is 1. The Morgan fingerprint density at radius 3 is 2.17 bits per heavy atom. The Morgan fingerprint density at radius 1 is 0.817 bits per heavy atom. The molecular weight excluding hydrogens is 771 g/mol. The van der Waals surface area contributed by atoms with Crippen molar-refractivity contribution < 1.29 is 60.3 Å². The van der Waals surface area contributed by atoms with Crippen molar-refractivity contribution in [1.82, 2.24) is 5.32 Å². The third kappa shape index (κ3) is 8.53. The number of allylic oxidation sites excluding steroid dienone is 2. The number of aliphatic carboxylic acids is 1. The first kappa shape index (κ1) is 43.2. The van der Waals surface area contributed by atoms with E-state index < -0.39 is 47.0 Å². The highest BCUT2D eigenvalue weighted by Crippen LogP contribution is 2.54. The van der Waals surface area contributed by atoms with E-state index in [1.165, 1.54) is 18.2 Å². The second-order valence-electron chi connectivity index (χ2n) is 15.5. The molecule has 3 atom stereocenters. The summed E-state index contributed by atoms with van der Waals surface area (Å²) in [7, 11) is 0. The molecule has 0 aliphatic heterocycles. The zero-order valence-corrected chi connectivity index (χ0v) is 34.0. The molecule has 2 aliphatic rings. The summed E-state index contributed by atoms with van der Waals surface area (Å²) < 4.78 is 5.69. The number of rotatable bonds is 15. The summed E-state index contributed by atoms with van der Waals surface area (Å²) in [5, 5.41) is 99.7. The van der Waals surface area contributed by atoms with Gasteiger partial charge in [-0.3, -0.25) is 0 Å². The van der Waals surface area contributed by atoms with E-state index in [-0.39, 0.29) is 41.0 Å². The number of fused-ring (bicyclic) bond motifs is 4. The van der Waals surface area contributed by atoms with Crippen molar-refractivity contribution in [3.63, 3.8) is 0 Å². The van der Waals surface area contributed by atoms with Crippen LogP contribution < -0.4 is 5.32 Å². The summed E-state index contributed by atoms with van der Waals surface area (Å²) in [5.41, 5.74) is 5.90. The van der Waals surface area contributed by atoms with E-state index >= 15 is 0 Å². The first-order chi connectivity index (χ1) is 28.7. The molecule has 0 heterocycles. The van der Waals surface area contributed by atoms with E-state index in [9.17, 15) is 55.5 Å². The molecule has 0 saturated carbocycles. The molecule has 0 radical (unpaired) electrons. The molecule has 0 bridgehead atoms. The number of benzene rings is 4. The number of phenolic OH excluding ortho intramolecular Hbond substituents is 8. The van der Waals surface area contributed by atoms with Crippen molar-refractivity contribution in [2.75, 3.05) is 13.1 Å². The third-order valence-electron chi connectivity index (χ3n) is 11.7. The van der Waals surface area contributed by atoms with Gasteiger partial charge in [-0.15, -0.1) is 0 Å². The minimum Gasteiger partial charge on any atom is -0.508 e. The number of carbonyl (C=O) groups excluding carboxylic acids is 1. The van der Waals surface area contributed by atoms with E-state index in [1.807, 2.05) is 26.0 Å². The maximum absolute atomic E-state index is 14.0. The third-order valence-corrected chi connectivity index (χ3v) is 11.7. The molecule has 0 aromatic heterocycles. The molecule has 2 aliphatic carbocycles. The van der Waals surface area contributed by atoms with Crippen LogP contribution in [0.3, 0.4) is 0 Å². The lowest BCUT2D eigenvalue weighted by Crippen LogP contribution is -2.38. The smallest absolute Gasteiger partial charge is 0.345 e. The van der Waals surface area contributed by atoms with Crippen molar-refractivity contribution in [1.29, 1.82) is 0 Å². The van der Waals surface area contributed by atoms with E-state index in [4.69, 9.17) is 4.74 Å². The Labute approximate surface area is 348 Å². The fourth-order valence-electron chi connectivity index (χ4n) is 8.69. The number of carbonyl (C=O) groups is 2. The highest BCUT2D eigenvalue weighted by Gasteiger charge is 2.35. The van der Waals surface area contributed by atoms with Crippen LogP contribution in [0.15, 0.2) is 48.5 Å². The van der Waals surface area contributed by atoms with Crippen LogP contribution in [0.5, 0.6) is 46.0 Å². The minimum atomic E-state index is -1.81. The fourth-order valence-corrected chi connectivity index (χ4v) is 8.69. The van der Waals surface area contributed by atoms with Crippen LogP contribution in [-0.4, -0.2) is 77.1 Å². The molecule has 10 N–H and O–H groups in total. The predicted octanol–water partition coefficient (Wildman–Crippen LogP) is 8.28. The summed E-state index contributed by atoms with van der Waals surface area (Å²) >= 11 is 0. The molecule has 0 unspecified atom stereocenters. The van der Waals surface area contributed by atoms with E-state index in [0.29, 0.717) is 90.4 Å². The summed E-state index contributed by atoms with van der Waals surface area (Å²) in [5.74, 6) is -7.26. The summed E-state index contributed by atoms with van der Waals surface area (Å²) in [6, 6.07) is 10.3. The number of ether oxygens (including phenoxy) is 1. The molecule has 0 spiro atoms. The van der Waals surface area contributed by atoms with Crippen LogP contribution in [0, 0.1) is 0 Å². The average molecular weight is 824 g/mol. The van der Waals surface area contributed by atoms with Crippen molar-refractivity contribution >= 4 is 29.2 Å². The summed E-state index contributed by atoms with van der Waals surface area (Å²) in [6.07, 6.45) is 6.25. The van der Waals surface area contributed by atoms with Crippen molar-refractivity contribution in [2.24, 2.45) is 0 Å². The van der Waals surface area contributed by atoms with Crippen LogP contribution in [0.25, 0.3) is 28.3 Å². The topological polar surface area (TPSA) is 237 Å². The number of nitrogens with one attached hydrogen (secondary N) is 1. The van der Waals surface area contributed by atoms with Gasteiger partial charge in [0.1, 0.15) is 5.75 Å². The maximum Gasteiger partial charge on any atom is 0.345 e. The number of hydrogen-bond donors (Lipinski definition) is 10. The number of likely N-dealkylation sites (N-methyl/N-ethyl adjacent to an activating group) is 1. The molecule has 13 nitrogen and oxygen atoms in total. The average Bonchev–Trinajstić information content (AvgIpc) is 3.42. The van der Waals surface area contributed by atoms with Gasteiger partial charge < -0.3 is 56.0 Å². The van der Waals surface area contributed by atoms with Crippen LogP contribution in [-0.2, 0) is 27.2 Å². The van der Waals surface area contributed by atoms with Crippen molar-refractivity contribution in [3.05, 3.63) is 87.5 Å². The van der Waals surface area contributed by atoms with Gasteiger partial charge in [0.2, 0.25) is 6.10 Å². The zero-order chi connectivity index (χ0) is 43.4. The van der Waals surface area contributed by atoms with Gasteiger partial charge in [-0.1, -0.05) is 51.8 Å². The lowest BCUT2D eigenvalue weighted by Gasteiger charge is -2.30. The molecule has 0 fully saturated rings. The van der Waals surface area contributed by atoms with Crippen molar-refractivity contribution in [3.8, 4) is 57.1 Å². The van der Waals surface area contributed by atoms with Gasteiger partial charge in [0, 0.05) is 35.2 Å². The predicted molar refractivity (Wildman–Crippen MR) is 227 cm³/mol. The minimum absolute atomic E-state index is 0.0383. The van der Waals surface area contributed by atoms with Crippen LogP contribution >= 0.6 is 0 Å². The molecule has 4 aromatic carbocycles. The standard InChI is InChI=1S/C47H53NO12/c1-4-7-8-11-25(20-40(54)60-46(47(58)59)34(23-48-6-3)27-18-36(50)44(56)37(51)19-27)31-21-39(53)45(57)41-24(5-2)16-26(17-33(31)41)32-22-38(52)43(55)30-14-9-12-28-29(42(30)32)13-10-15-35(28)49/h10,13,15,17-22,24,34,46,48-53,55-57H,4-9,11-12,14,16,23H2,1-3H3,(H,58,59)/b25-20+/t24-,34+,46+/m0/s1. The first-order valence-corrected chi connectivity index (χ1v) is 20.5. The number of phenols is 8. The van der Waals surface area contributed by atoms with Crippen molar-refractivity contribution in [2.45, 2.75) is 96.5 Å². The monoisotopic (exact) mass is 823 g/mol. The number of unbranched alkanes of at least 4 members (excludes halogenated alkanes) is 2. The van der Waals surface area contributed by atoms with Gasteiger partial charge in [0.15, 0.2) is 40.2 Å². The number of carboxylic acid groups (broad SMARTS) is 1. The largest absolute Gasteiger partial charge is 0.508 e. The normalized spacial score (nSPS) is 15.8. The van der Waals surface area contributed by atoms with Gasteiger partial charge in [0.25, 0.3) is 0 Å². The molecule has 318 valence electrons. The Kier molecular flexibility index (Phi) is 13.2. The number of aromatic hydroxyl groups is 8. The first-order valence-electron chi connectivity index (χ1n) is 20.5. The Balaban J connectivity index is 1.52. The van der Waals surface area contributed by atoms with E-state index in [0.717, 1.165) is 41.7 Å². The highest BCUT2D eigenvalue weighted by molar-refractivity contribution is 6.00. The van der Waals surface area contributed by atoms with Crippen LogP contribution in [0.2, 0.25) is 0 Å². The van der Waals surface area contributed by atoms with Gasteiger partial charge >= 0.3 is 11.9 Å². The zero-order valence-electron chi connectivity index (χ0n) is 34.0. The van der Waals surface area contributed by atoms with Crippen LogP contribution in [0.1, 0.15) is 116 Å². The molecule has 4 aromatic rings. The second-order valence-corrected chi connectivity index (χ2v) is 15.5. The second kappa shape index (κ2) is 18.3. The highest BCUT2D eigenvalue weighted by atomic mass is 16.6. The van der Waals surface area contributed by atoms with Crippen LogP contribution in [0.4, 0.5) is 0 Å². The Morgan fingerprint density at radius 2 is 1.50 bits per heavy atom. The molecule has 6 rings (SSSR count).